The van der Waals surface area contributed by atoms with Crippen LogP contribution in [0.4, 0.5) is 4.79 Å². The molecule has 0 aliphatic carbocycles. The van der Waals surface area contributed by atoms with Crippen molar-refractivity contribution in [1.29, 1.82) is 0 Å². The summed E-state index contributed by atoms with van der Waals surface area (Å²) in [5.74, 6) is 0. The second-order valence-electron chi connectivity index (χ2n) is 4.80. The molecule has 0 rings (SSSR count). The van der Waals surface area contributed by atoms with Gasteiger partial charge in [-0.15, -0.1) is 0 Å². The average Bonchev–Trinajstić information content (AvgIpc) is 2.42. The maximum Gasteiger partial charge on any atom is 0.407 e. The van der Waals surface area contributed by atoms with Crippen LogP contribution in [0.2, 0.25) is 12.1 Å². The molecule has 0 atom stereocenters. The van der Waals surface area contributed by atoms with E-state index < -0.39 is 14.7 Å². The predicted molar refractivity (Wildman–Crippen MR) is 83.4 cm³/mol. The Morgan fingerprint density at radius 2 is 1.65 bits per heavy atom. The van der Waals surface area contributed by atoms with Crippen molar-refractivity contribution < 1.29 is 18.8 Å². The molecule has 0 radical (unpaired) electrons. The number of amides is 1. The Bertz CT molecular complexity index is 258. The standard InChI is InChI=1S/C14H31NO4Si/c1-5-15(14(16)17)12-10-9-11-13-20(8-4,18-6-2)19-7-3/h5-13H2,1-4H3,(H,16,17). The number of carbonyl (C=O) groups is 1. The van der Waals surface area contributed by atoms with Crippen LogP contribution in [0, 0.1) is 0 Å². The zero-order chi connectivity index (χ0) is 15.4. The Labute approximate surface area is 124 Å². The zero-order valence-electron chi connectivity index (χ0n) is 13.5. The molecular formula is C14H31NO4Si. The third-order valence-corrected chi connectivity index (χ3v) is 7.31. The monoisotopic (exact) mass is 305 g/mol. The first-order chi connectivity index (χ1) is 9.55. The van der Waals surface area contributed by atoms with Crippen molar-refractivity contribution in [2.24, 2.45) is 0 Å². The molecule has 0 fully saturated rings. The zero-order valence-corrected chi connectivity index (χ0v) is 14.5. The fraction of sp³-hybridized carbons (Fsp3) is 0.929. The van der Waals surface area contributed by atoms with Gasteiger partial charge < -0.3 is 18.9 Å². The molecule has 0 aromatic rings. The van der Waals surface area contributed by atoms with E-state index in [9.17, 15) is 4.79 Å². The molecule has 6 heteroatoms. The predicted octanol–water partition coefficient (Wildman–Crippen LogP) is 3.69. The lowest BCUT2D eigenvalue weighted by Crippen LogP contribution is -2.41. The van der Waals surface area contributed by atoms with Gasteiger partial charge in [-0.3, -0.25) is 0 Å². The summed E-state index contributed by atoms with van der Waals surface area (Å²) in [7, 11) is -2.01. The first-order valence-corrected chi connectivity index (χ1v) is 10.0. The topological polar surface area (TPSA) is 59.0 Å². The lowest BCUT2D eigenvalue weighted by molar-refractivity contribution is 0.146. The minimum Gasteiger partial charge on any atom is -0.465 e. The molecule has 0 bridgehead atoms. The first-order valence-electron chi connectivity index (χ1n) is 7.80. The second kappa shape index (κ2) is 11.1. The van der Waals surface area contributed by atoms with Crippen molar-refractivity contribution in [3.8, 4) is 0 Å². The number of nitrogens with zero attached hydrogens (tertiary/aromatic N) is 1. The third kappa shape index (κ3) is 7.26. The number of carboxylic acid groups (broad SMARTS) is 1. The van der Waals surface area contributed by atoms with Crippen LogP contribution < -0.4 is 0 Å². The molecule has 0 unspecified atom stereocenters. The summed E-state index contributed by atoms with van der Waals surface area (Å²) in [6.07, 6.45) is 2.16. The molecule has 1 amide bonds. The van der Waals surface area contributed by atoms with Gasteiger partial charge in [-0.25, -0.2) is 4.79 Å². The fourth-order valence-corrected chi connectivity index (χ4v) is 5.33. The SMILES string of the molecule is CCO[Si](CC)(CCCCCN(CC)C(=O)O)OCC. The van der Waals surface area contributed by atoms with Crippen LogP contribution in [0.1, 0.15) is 47.0 Å². The highest BCUT2D eigenvalue weighted by molar-refractivity contribution is 6.67. The highest BCUT2D eigenvalue weighted by Gasteiger charge is 2.34. The average molecular weight is 305 g/mol. The quantitative estimate of drug-likeness (QED) is 0.441. The van der Waals surface area contributed by atoms with Crippen LogP contribution in [-0.2, 0) is 8.85 Å². The Balaban J connectivity index is 4.02. The minimum absolute atomic E-state index is 0.556. The van der Waals surface area contributed by atoms with E-state index in [-0.39, 0.29) is 0 Å². The smallest absolute Gasteiger partial charge is 0.407 e. The summed E-state index contributed by atoms with van der Waals surface area (Å²) >= 11 is 0. The van der Waals surface area contributed by atoms with E-state index in [1.54, 1.807) is 0 Å². The molecule has 20 heavy (non-hydrogen) atoms. The van der Waals surface area contributed by atoms with Crippen LogP contribution in [0.15, 0.2) is 0 Å². The van der Waals surface area contributed by atoms with Gasteiger partial charge in [0.2, 0.25) is 0 Å². The van der Waals surface area contributed by atoms with Crippen molar-refractivity contribution in [1.82, 2.24) is 4.90 Å². The van der Waals surface area contributed by atoms with E-state index in [1.165, 1.54) is 4.90 Å². The third-order valence-electron chi connectivity index (χ3n) is 3.49. The summed E-state index contributed by atoms with van der Waals surface area (Å²) in [5, 5.41) is 8.93. The van der Waals surface area contributed by atoms with Gasteiger partial charge in [0.05, 0.1) is 0 Å². The van der Waals surface area contributed by atoms with E-state index >= 15 is 0 Å². The Morgan fingerprint density at radius 1 is 1.05 bits per heavy atom. The van der Waals surface area contributed by atoms with E-state index in [2.05, 4.69) is 6.92 Å². The summed E-state index contributed by atoms with van der Waals surface area (Å²) in [4.78, 5) is 12.3. The highest BCUT2D eigenvalue weighted by atomic mass is 28.4. The Hall–Kier alpha value is -0.593. The minimum atomic E-state index is -2.01. The molecule has 0 saturated heterocycles. The summed E-state index contributed by atoms with van der Waals surface area (Å²) in [5.41, 5.74) is 0. The van der Waals surface area contributed by atoms with Crippen molar-refractivity contribution >= 4 is 14.7 Å². The van der Waals surface area contributed by atoms with Crippen LogP contribution in [0.3, 0.4) is 0 Å². The van der Waals surface area contributed by atoms with E-state index in [0.29, 0.717) is 26.3 Å². The maximum atomic E-state index is 10.9. The second-order valence-corrected chi connectivity index (χ2v) is 8.41. The first kappa shape index (κ1) is 19.4. The van der Waals surface area contributed by atoms with Gasteiger partial charge in [0.1, 0.15) is 0 Å². The molecule has 0 saturated carbocycles. The van der Waals surface area contributed by atoms with Crippen molar-refractivity contribution in [3.63, 3.8) is 0 Å². The van der Waals surface area contributed by atoms with Crippen molar-refractivity contribution in [2.75, 3.05) is 26.3 Å². The molecule has 0 aromatic heterocycles. The van der Waals surface area contributed by atoms with Crippen LogP contribution >= 0.6 is 0 Å². The molecule has 120 valence electrons. The van der Waals surface area contributed by atoms with Gasteiger partial charge in [0.25, 0.3) is 0 Å². The molecule has 5 nitrogen and oxygen atoms in total. The van der Waals surface area contributed by atoms with Crippen LogP contribution in [0.25, 0.3) is 0 Å². The van der Waals surface area contributed by atoms with Crippen molar-refractivity contribution in [2.45, 2.75) is 59.0 Å². The van der Waals surface area contributed by atoms with Crippen LogP contribution in [-0.4, -0.2) is 51.0 Å². The van der Waals surface area contributed by atoms with E-state index in [1.807, 2.05) is 20.8 Å². The number of hydrogen-bond donors (Lipinski definition) is 1. The largest absolute Gasteiger partial charge is 0.465 e. The van der Waals surface area contributed by atoms with Crippen LogP contribution in [0.5, 0.6) is 0 Å². The fourth-order valence-electron chi connectivity index (χ4n) is 2.36. The summed E-state index contributed by atoms with van der Waals surface area (Å²) < 4.78 is 11.8. The molecule has 0 heterocycles. The highest BCUT2D eigenvalue weighted by Crippen LogP contribution is 2.22. The summed E-state index contributed by atoms with van der Waals surface area (Å²) in [6, 6.07) is 1.98. The molecule has 1 N–H and O–H groups in total. The van der Waals surface area contributed by atoms with Gasteiger partial charge in [-0.2, -0.15) is 0 Å². The summed E-state index contributed by atoms with van der Waals surface area (Å²) in [6.45, 7) is 10.6. The number of rotatable bonds is 12. The van der Waals surface area contributed by atoms with E-state index in [0.717, 1.165) is 31.4 Å². The van der Waals surface area contributed by atoms with Gasteiger partial charge in [-0.1, -0.05) is 19.8 Å². The van der Waals surface area contributed by atoms with E-state index in [4.69, 9.17) is 14.0 Å². The lowest BCUT2D eigenvalue weighted by Gasteiger charge is -2.29. The molecule has 0 spiro atoms. The van der Waals surface area contributed by atoms with Crippen molar-refractivity contribution in [3.05, 3.63) is 0 Å². The molecule has 0 aromatic carbocycles. The van der Waals surface area contributed by atoms with Gasteiger partial charge in [-0.05, 0) is 39.3 Å². The lowest BCUT2D eigenvalue weighted by atomic mass is 10.2. The normalized spacial score (nSPS) is 11.6. The molecular weight excluding hydrogens is 274 g/mol. The Morgan fingerprint density at radius 3 is 2.05 bits per heavy atom. The number of hydrogen-bond acceptors (Lipinski definition) is 3. The Kier molecular flexibility index (Phi) is 10.8. The maximum absolute atomic E-state index is 10.9. The molecule has 0 aliphatic heterocycles. The van der Waals surface area contributed by atoms with Gasteiger partial charge in [0.15, 0.2) is 0 Å². The van der Waals surface area contributed by atoms with Gasteiger partial charge >= 0.3 is 14.7 Å². The number of unbranched alkanes of at least 4 members (excludes halogenated alkanes) is 2. The molecule has 0 aliphatic rings. The van der Waals surface area contributed by atoms with Gasteiger partial charge in [0, 0.05) is 26.3 Å².